The van der Waals surface area contributed by atoms with Crippen molar-refractivity contribution in [1.82, 2.24) is 4.90 Å². The number of rotatable bonds is 0. The second-order valence-electron chi connectivity index (χ2n) is 3.19. The zero-order chi connectivity index (χ0) is 6.85. The quantitative estimate of drug-likeness (QED) is 0.636. The zero-order valence-electron chi connectivity index (χ0n) is 7.12. The molecule has 2 nitrogen and oxygen atoms in total. The summed E-state index contributed by atoms with van der Waals surface area (Å²) >= 11 is 0. The summed E-state index contributed by atoms with van der Waals surface area (Å²) in [6.45, 7) is 4.56. The first-order valence-corrected chi connectivity index (χ1v) is 3.64. The molecule has 0 aliphatic carbocycles. The Morgan fingerprint density at radius 2 is 1.91 bits per heavy atom. The van der Waals surface area contributed by atoms with Gasteiger partial charge in [0.2, 0.25) is 0 Å². The van der Waals surface area contributed by atoms with Gasteiger partial charge in [-0.1, -0.05) is 6.92 Å². The Kier molecular flexibility index (Phi) is 7.75. The maximum Gasteiger partial charge on any atom is 0.00888 e. The highest BCUT2D eigenvalue weighted by atomic mass is 35.5. The van der Waals surface area contributed by atoms with Crippen LogP contribution in [0.15, 0.2) is 0 Å². The van der Waals surface area contributed by atoms with E-state index in [4.69, 9.17) is 5.73 Å². The Bertz CT molecular complexity index is 100. The van der Waals surface area contributed by atoms with Crippen molar-refractivity contribution in [2.24, 2.45) is 11.7 Å². The van der Waals surface area contributed by atoms with Gasteiger partial charge in [-0.05, 0) is 25.9 Å². The summed E-state index contributed by atoms with van der Waals surface area (Å²) in [4.78, 5) is 2.34. The maximum atomic E-state index is 5.81. The van der Waals surface area contributed by atoms with E-state index < -0.39 is 0 Å². The van der Waals surface area contributed by atoms with Gasteiger partial charge >= 0.3 is 0 Å². The van der Waals surface area contributed by atoms with Crippen molar-refractivity contribution >= 4 is 24.8 Å². The molecule has 4 heteroatoms. The number of halogens is 2. The zero-order valence-corrected chi connectivity index (χ0v) is 8.75. The van der Waals surface area contributed by atoms with Crippen molar-refractivity contribution < 1.29 is 0 Å². The minimum absolute atomic E-state index is 0. The molecule has 1 aliphatic rings. The monoisotopic (exact) mass is 200 g/mol. The first kappa shape index (κ1) is 14.0. The van der Waals surface area contributed by atoms with Crippen molar-refractivity contribution in [3.63, 3.8) is 0 Å². The number of nitrogens with zero attached hydrogens (tertiary/aromatic N) is 1. The van der Waals surface area contributed by atoms with Gasteiger partial charge in [-0.2, -0.15) is 0 Å². The lowest BCUT2D eigenvalue weighted by molar-refractivity contribution is 0.197. The number of hydrogen-bond donors (Lipinski definition) is 1. The molecule has 0 aromatic heterocycles. The van der Waals surface area contributed by atoms with Gasteiger partial charge in [0.1, 0.15) is 0 Å². The lowest BCUT2D eigenvalue weighted by atomic mass is 9.95. The van der Waals surface area contributed by atoms with Crippen LogP contribution in [0.3, 0.4) is 0 Å². The number of likely N-dealkylation sites (tertiary alicyclic amines) is 1. The van der Waals surface area contributed by atoms with Crippen molar-refractivity contribution in [2.75, 3.05) is 20.1 Å². The van der Waals surface area contributed by atoms with E-state index in [0.29, 0.717) is 12.0 Å². The molecule has 0 aromatic carbocycles. The summed E-state index contributed by atoms with van der Waals surface area (Å²) in [7, 11) is 2.16. The lowest BCUT2D eigenvalue weighted by Crippen LogP contribution is -2.44. The SMILES string of the molecule is C[C@H]1CN(C)CC[C@@H]1N.Cl.Cl. The van der Waals surface area contributed by atoms with Crippen LogP contribution in [0.2, 0.25) is 0 Å². The van der Waals surface area contributed by atoms with Crippen LogP contribution in [0, 0.1) is 5.92 Å². The van der Waals surface area contributed by atoms with Crippen LogP contribution in [0.5, 0.6) is 0 Å². The van der Waals surface area contributed by atoms with Gasteiger partial charge in [0.15, 0.2) is 0 Å². The molecule has 2 N–H and O–H groups in total. The molecule has 0 bridgehead atoms. The molecule has 11 heavy (non-hydrogen) atoms. The van der Waals surface area contributed by atoms with Crippen LogP contribution in [-0.4, -0.2) is 31.1 Å². The fourth-order valence-electron chi connectivity index (χ4n) is 1.37. The van der Waals surface area contributed by atoms with E-state index in [9.17, 15) is 0 Å². The van der Waals surface area contributed by atoms with Crippen molar-refractivity contribution in [3.05, 3.63) is 0 Å². The number of hydrogen-bond acceptors (Lipinski definition) is 2. The Hall–Kier alpha value is 0.500. The number of piperidine rings is 1. The molecule has 0 radical (unpaired) electrons. The molecule has 0 saturated carbocycles. The second kappa shape index (κ2) is 6.06. The highest BCUT2D eigenvalue weighted by Gasteiger charge is 2.19. The summed E-state index contributed by atoms with van der Waals surface area (Å²) in [5.41, 5.74) is 5.81. The highest BCUT2D eigenvalue weighted by Crippen LogP contribution is 2.12. The Balaban J connectivity index is 0. The molecule has 1 rings (SSSR count). The van der Waals surface area contributed by atoms with E-state index in [1.165, 1.54) is 13.1 Å². The molecule has 70 valence electrons. The smallest absolute Gasteiger partial charge is 0.00888 e. The van der Waals surface area contributed by atoms with Gasteiger partial charge in [0, 0.05) is 12.6 Å². The average molecular weight is 201 g/mol. The summed E-state index contributed by atoms with van der Waals surface area (Å²) in [6.07, 6.45) is 1.16. The third kappa shape index (κ3) is 4.16. The first-order chi connectivity index (χ1) is 4.20. The summed E-state index contributed by atoms with van der Waals surface area (Å²) in [5, 5.41) is 0. The standard InChI is InChI=1S/C7H16N2.2ClH/c1-6-5-9(2)4-3-7(6)8;;/h6-7H,3-5,8H2,1-2H3;2*1H/t6-,7-;;/m0../s1. The molecule has 1 saturated heterocycles. The predicted octanol–water partition coefficient (Wildman–Crippen LogP) is 1.13. The van der Waals surface area contributed by atoms with E-state index in [2.05, 4.69) is 18.9 Å². The molecule has 1 fully saturated rings. The van der Waals surface area contributed by atoms with Gasteiger partial charge < -0.3 is 10.6 Å². The van der Waals surface area contributed by atoms with E-state index in [-0.39, 0.29) is 24.8 Å². The third-order valence-electron chi connectivity index (χ3n) is 2.17. The van der Waals surface area contributed by atoms with Gasteiger partial charge in [-0.15, -0.1) is 24.8 Å². The Labute approximate surface area is 81.3 Å². The van der Waals surface area contributed by atoms with Crippen LogP contribution in [0.25, 0.3) is 0 Å². The molecule has 0 amide bonds. The Morgan fingerprint density at radius 1 is 1.36 bits per heavy atom. The lowest BCUT2D eigenvalue weighted by Gasteiger charge is -2.32. The number of nitrogens with two attached hydrogens (primary N) is 1. The second-order valence-corrected chi connectivity index (χ2v) is 3.19. The normalized spacial score (nSPS) is 31.9. The molecule has 2 atom stereocenters. The van der Waals surface area contributed by atoms with Crippen molar-refractivity contribution in [1.29, 1.82) is 0 Å². The van der Waals surface area contributed by atoms with E-state index in [1.807, 2.05) is 0 Å². The average Bonchev–Trinajstić information content (AvgIpc) is 1.80. The van der Waals surface area contributed by atoms with Crippen LogP contribution in [0.4, 0.5) is 0 Å². The first-order valence-electron chi connectivity index (χ1n) is 3.64. The van der Waals surface area contributed by atoms with E-state index >= 15 is 0 Å². The van der Waals surface area contributed by atoms with Crippen molar-refractivity contribution in [2.45, 2.75) is 19.4 Å². The summed E-state index contributed by atoms with van der Waals surface area (Å²) in [5.74, 6) is 0.684. The van der Waals surface area contributed by atoms with Crippen molar-refractivity contribution in [3.8, 4) is 0 Å². The van der Waals surface area contributed by atoms with E-state index in [0.717, 1.165) is 6.42 Å². The van der Waals surface area contributed by atoms with E-state index in [1.54, 1.807) is 0 Å². The fourth-order valence-corrected chi connectivity index (χ4v) is 1.37. The minimum Gasteiger partial charge on any atom is -0.327 e. The van der Waals surface area contributed by atoms with Gasteiger partial charge in [0.25, 0.3) is 0 Å². The topological polar surface area (TPSA) is 29.3 Å². The highest BCUT2D eigenvalue weighted by molar-refractivity contribution is 5.85. The molecular weight excluding hydrogens is 183 g/mol. The molecular formula is C7H18Cl2N2. The largest absolute Gasteiger partial charge is 0.327 e. The molecule has 1 heterocycles. The molecule has 0 aromatic rings. The van der Waals surface area contributed by atoms with Crippen LogP contribution in [-0.2, 0) is 0 Å². The summed E-state index contributed by atoms with van der Waals surface area (Å²) < 4.78 is 0. The van der Waals surface area contributed by atoms with Gasteiger partial charge in [0.05, 0.1) is 0 Å². The van der Waals surface area contributed by atoms with Crippen LogP contribution in [0.1, 0.15) is 13.3 Å². The predicted molar refractivity (Wildman–Crippen MR) is 53.7 cm³/mol. The van der Waals surface area contributed by atoms with Crippen LogP contribution < -0.4 is 5.73 Å². The maximum absolute atomic E-state index is 5.81. The minimum atomic E-state index is 0. The summed E-state index contributed by atoms with van der Waals surface area (Å²) in [6, 6.07) is 0.446. The van der Waals surface area contributed by atoms with Gasteiger partial charge in [-0.25, -0.2) is 0 Å². The molecule has 0 unspecified atom stereocenters. The molecule has 1 aliphatic heterocycles. The molecule has 0 spiro atoms. The third-order valence-corrected chi connectivity index (χ3v) is 2.17. The van der Waals surface area contributed by atoms with Gasteiger partial charge in [-0.3, -0.25) is 0 Å². The fraction of sp³-hybridized carbons (Fsp3) is 1.00. The Morgan fingerprint density at radius 3 is 2.27 bits per heavy atom. The van der Waals surface area contributed by atoms with Crippen LogP contribution >= 0.6 is 24.8 Å².